The maximum atomic E-state index is 13.6. The first-order valence-electron chi connectivity index (χ1n) is 5.53. The molecule has 0 aliphatic carbocycles. The number of hydrogen-bond donors (Lipinski definition) is 1. The summed E-state index contributed by atoms with van der Waals surface area (Å²) in [4.78, 5) is 2.23. The lowest BCUT2D eigenvalue weighted by Crippen LogP contribution is -2.29. The highest BCUT2D eigenvalue weighted by Crippen LogP contribution is 2.22. The van der Waals surface area contributed by atoms with Crippen LogP contribution in [0.1, 0.15) is 12.0 Å². The van der Waals surface area contributed by atoms with Gasteiger partial charge in [-0.05, 0) is 25.6 Å². The molecule has 1 aromatic rings. The van der Waals surface area contributed by atoms with Crippen LogP contribution in [-0.4, -0.2) is 31.1 Å². The van der Waals surface area contributed by atoms with Crippen LogP contribution in [0, 0.1) is 5.82 Å². The van der Waals surface area contributed by atoms with Crippen LogP contribution in [0.5, 0.6) is 0 Å². The molecule has 0 saturated carbocycles. The molecule has 1 fully saturated rings. The van der Waals surface area contributed by atoms with Crippen LogP contribution >= 0.6 is 11.6 Å². The third kappa shape index (κ3) is 2.54. The van der Waals surface area contributed by atoms with Crippen molar-refractivity contribution in [1.29, 1.82) is 0 Å². The normalized spacial score (nSPS) is 21.6. The summed E-state index contributed by atoms with van der Waals surface area (Å²) in [5.41, 5.74) is 0.612. The molecule has 1 aliphatic heterocycles. The second-order valence-corrected chi connectivity index (χ2v) is 4.62. The van der Waals surface area contributed by atoms with Crippen LogP contribution in [0.3, 0.4) is 0 Å². The van der Waals surface area contributed by atoms with Gasteiger partial charge in [0.15, 0.2) is 0 Å². The van der Waals surface area contributed by atoms with Crippen molar-refractivity contribution in [1.82, 2.24) is 10.2 Å². The van der Waals surface area contributed by atoms with E-state index in [1.165, 1.54) is 6.07 Å². The van der Waals surface area contributed by atoms with Gasteiger partial charge in [-0.25, -0.2) is 4.39 Å². The van der Waals surface area contributed by atoms with Gasteiger partial charge in [-0.1, -0.05) is 17.7 Å². The molecular weight excluding hydrogens is 227 g/mol. The third-order valence-electron chi connectivity index (χ3n) is 3.12. The molecule has 1 saturated heterocycles. The zero-order valence-corrected chi connectivity index (χ0v) is 10.1. The zero-order chi connectivity index (χ0) is 11.5. The van der Waals surface area contributed by atoms with E-state index in [0.29, 0.717) is 23.2 Å². The Kier molecular flexibility index (Phi) is 3.79. The minimum Gasteiger partial charge on any atom is -0.316 e. The second kappa shape index (κ2) is 5.13. The highest BCUT2D eigenvalue weighted by Gasteiger charge is 2.22. The molecule has 0 radical (unpaired) electrons. The number of hydrogen-bond acceptors (Lipinski definition) is 2. The third-order valence-corrected chi connectivity index (χ3v) is 3.48. The molecule has 1 aliphatic rings. The minimum absolute atomic E-state index is 0.208. The van der Waals surface area contributed by atoms with E-state index < -0.39 is 0 Å². The Balaban J connectivity index is 2.04. The van der Waals surface area contributed by atoms with Crippen LogP contribution in [0.15, 0.2) is 18.2 Å². The van der Waals surface area contributed by atoms with Crippen molar-refractivity contribution >= 4 is 11.6 Å². The van der Waals surface area contributed by atoms with Gasteiger partial charge < -0.3 is 5.32 Å². The summed E-state index contributed by atoms with van der Waals surface area (Å²) in [5, 5.41) is 3.76. The molecule has 1 atom stereocenters. The summed E-state index contributed by atoms with van der Waals surface area (Å²) < 4.78 is 13.6. The number of rotatable bonds is 3. The molecule has 1 unspecified atom stereocenters. The van der Waals surface area contributed by atoms with E-state index >= 15 is 0 Å². The van der Waals surface area contributed by atoms with Gasteiger partial charge in [0.25, 0.3) is 0 Å². The van der Waals surface area contributed by atoms with E-state index in [2.05, 4.69) is 10.2 Å². The molecule has 0 aromatic heterocycles. The summed E-state index contributed by atoms with van der Waals surface area (Å²) in [7, 11) is 1.96. The van der Waals surface area contributed by atoms with E-state index in [9.17, 15) is 4.39 Å². The Bertz CT molecular complexity index is 350. The highest BCUT2D eigenvalue weighted by atomic mass is 35.5. The lowest BCUT2D eigenvalue weighted by molar-refractivity contribution is 0.317. The second-order valence-electron chi connectivity index (χ2n) is 4.21. The first-order valence-corrected chi connectivity index (χ1v) is 5.91. The monoisotopic (exact) mass is 242 g/mol. The number of nitrogens with one attached hydrogen (secondary N) is 1. The van der Waals surface area contributed by atoms with Gasteiger partial charge in [0.2, 0.25) is 0 Å². The predicted molar refractivity (Wildman–Crippen MR) is 64.2 cm³/mol. The highest BCUT2D eigenvalue weighted by molar-refractivity contribution is 6.31. The summed E-state index contributed by atoms with van der Waals surface area (Å²) in [6.07, 6.45) is 1.11. The maximum absolute atomic E-state index is 13.6. The number of likely N-dealkylation sites (N-methyl/N-ethyl adjacent to an activating group) is 1. The average molecular weight is 243 g/mol. The minimum atomic E-state index is -0.208. The van der Waals surface area contributed by atoms with Crippen LogP contribution in [0.4, 0.5) is 4.39 Å². The fourth-order valence-electron chi connectivity index (χ4n) is 2.12. The first kappa shape index (κ1) is 11.8. The number of likely N-dealkylation sites (tertiary alicyclic amines) is 1. The fraction of sp³-hybridized carbons (Fsp3) is 0.500. The standard InChI is InChI=1S/C12H16ClFN2/c1-15-9-5-6-16(7-9)8-10-11(13)3-2-4-12(10)14/h2-4,9,15H,5-8H2,1H3. The summed E-state index contributed by atoms with van der Waals surface area (Å²) in [6, 6.07) is 5.37. The van der Waals surface area contributed by atoms with Crippen LogP contribution in [0.2, 0.25) is 5.02 Å². The fourth-order valence-corrected chi connectivity index (χ4v) is 2.34. The van der Waals surface area contributed by atoms with Crippen molar-refractivity contribution in [2.45, 2.75) is 19.0 Å². The van der Waals surface area contributed by atoms with Crippen LogP contribution in [0.25, 0.3) is 0 Å². The quantitative estimate of drug-likeness (QED) is 0.875. The Morgan fingerprint density at radius 2 is 2.38 bits per heavy atom. The maximum Gasteiger partial charge on any atom is 0.129 e. The summed E-state index contributed by atoms with van der Waals surface area (Å²) in [5.74, 6) is -0.208. The van der Waals surface area contributed by atoms with Crippen molar-refractivity contribution in [2.75, 3.05) is 20.1 Å². The lowest BCUT2D eigenvalue weighted by Gasteiger charge is -2.17. The van der Waals surface area contributed by atoms with E-state index in [1.54, 1.807) is 12.1 Å². The molecule has 2 nitrogen and oxygen atoms in total. The molecule has 4 heteroatoms. The molecule has 0 bridgehead atoms. The van der Waals surface area contributed by atoms with Gasteiger partial charge in [0, 0.05) is 36.3 Å². The van der Waals surface area contributed by atoms with Gasteiger partial charge in [0.1, 0.15) is 5.82 Å². The Morgan fingerprint density at radius 1 is 1.56 bits per heavy atom. The summed E-state index contributed by atoms with van der Waals surface area (Å²) >= 11 is 6.00. The largest absolute Gasteiger partial charge is 0.316 e. The van der Waals surface area contributed by atoms with Crippen molar-refractivity contribution in [3.05, 3.63) is 34.6 Å². The molecule has 0 amide bonds. The van der Waals surface area contributed by atoms with Crippen molar-refractivity contribution in [3.63, 3.8) is 0 Å². The van der Waals surface area contributed by atoms with Gasteiger partial charge in [0.05, 0.1) is 0 Å². The molecule has 0 spiro atoms. The van der Waals surface area contributed by atoms with Crippen LogP contribution in [-0.2, 0) is 6.54 Å². The van der Waals surface area contributed by atoms with E-state index in [1.807, 2.05) is 7.05 Å². The van der Waals surface area contributed by atoms with Gasteiger partial charge in [-0.3, -0.25) is 4.90 Å². The van der Waals surface area contributed by atoms with Crippen molar-refractivity contribution < 1.29 is 4.39 Å². The summed E-state index contributed by atoms with van der Waals surface area (Å²) in [6.45, 7) is 2.56. The molecule has 1 N–H and O–H groups in total. The predicted octanol–water partition coefficient (Wildman–Crippen LogP) is 2.27. The first-order chi connectivity index (χ1) is 7.70. The molecule has 16 heavy (non-hydrogen) atoms. The SMILES string of the molecule is CNC1CCN(Cc2c(F)cccc2Cl)C1. The van der Waals surface area contributed by atoms with Gasteiger partial charge in [-0.15, -0.1) is 0 Å². The average Bonchev–Trinajstić information content (AvgIpc) is 2.71. The van der Waals surface area contributed by atoms with Crippen molar-refractivity contribution in [3.8, 4) is 0 Å². The lowest BCUT2D eigenvalue weighted by atomic mass is 10.2. The molecule has 2 rings (SSSR count). The number of benzene rings is 1. The Morgan fingerprint density at radius 3 is 3.00 bits per heavy atom. The van der Waals surface area contributed by atoms with E-state index in [-0.39, 0.29) is 5.82 Å². The van der Waals surface area contributed by atoms with Gasteiger partial charge in [-0.2, -0.15) is 0 Å². The number of nitrogens with zero attached hydrogens (tertiary/aromatic N) is 1. The van der Waals surface area contributed by atoms with E-state index in [0.717, 1.165) is 19.5 Å². The zero-order valence-electron chi connectivity index (χ0n) is 9.34. The Hall–Kier alpha value is -0.640. The molecular formula is C12H16ClFN2. The Labute approximate surface area is 100 Å². The molecule has 1 heterocycles. The van der Waals surface area contributed by atoms with E-state index in [4.69, 9.17) is 11.6 Å². The smallest absolute Gasteiger partial charge is 0.129 e. The van der Waals surface area contributed by atoms with Crippen molar-refractivity contribution in [2.24, 2.45) is 0 Å². The van der Waals surface area contributed by atoms with Crippen LogP contribution < -0.4 is 5.32 Å². The topological polar surface area (TPSA) is 15.3 Å². The van der Waals surface area contributed by atoms with Gasteiger partial charge >= 0.3 is 0 Å². The molecule has 1 aromatic carbocycles. The molecule has 88 valence electrons. The number of halogens is 2.